The molecule has 1 unspecified atom stereocenters. The molecule has 1 fully saturated rings. The topological polar surface area (TPSA) is 53.4 Å². The van der Waals surface area contributed by atoms with Crippen molar-refractivity contribution in [2.75, 3.05) is 18.0 Å². The second-order valence-electron chi connectivity index (χ2n) is 4.17. The molecule has 2 rings (SSSR count). The predicted octanol–water partition coefficient (Wildman–Crippen LogP) is 1.77. The van der Waals surface area contributed by atoms with Crippen molar-refractivity contribution in [3.8, 4) is 0 Å². The molecule has 5 heteroatoms. The summed E-state index contributed by atoms with van der Waals surface area (Å²) in [7, 11) is 0. The lowest BCUT2D eigenvalue weighted by Crippen LogP contribution is -2.23. The first-order valence-electron chi connectivity index (χ1n) is 5.21. The third kappa shape index (κ3) is 1.98. The van der Waals surface area contributed by atoms with Gasteiger partial charge in [-0.15, -0.1) is 0 Å². The number of aromatic nitrogens is 1. The first-order valence-corrected chi connectivity index (χ1v) is 5.21. The Morgan fingerprint density at radius 1 is 1.69 bits per heavy atom. The molecule has 0 spiro atoms. The minimum absolute atomic E-state index is 0.0610. The molecule has 0 amide bonds. The van der Waals surface area contributed by atoms with Crippen LogP contribution in [0.1, 0.15) is 23.7 Å². The molecule has 0 radical (unpaired) electrons. The molecule has 2 heterocycles. The summed E-state index contributed by atoms with van der Waals surface area (Å²) in [5, 5.41) is 8.98. The van der Waals surface area contributed by atoms with Crippen molar-refractivity contribution in [2.24, 2.45) is 5.92 Å². The fourth-order valence-electron chi connectivity index (χ4n) is 1.97. The quantitative estimate of drug-likeness (QED) is 0.831. The van der Waals surface area contributed by atoms with E-state index in [1.165, 1.54) is 0 Å². The summed E-state index contributed by atoms with van der Waals surface area (Å²) in [5.74, 6) is -0.860. The van der Waals surface area contributed by atoms with E-state index >= 15 is 0 Å². The molecule has 1 aliphatic rings. The number of rotatable bonds is 2. The van der Waals surface area contributed by atoms with Crippen LogP contribution in [0, 0.1) is 11.7 Å². The maximum atomic E-state index is 12.9. The first-order chi connectivity index (χ1) is 7.58. The largest absolute Gasteiger partial charge is 0.478 e. The number of hydrogen-bond acceptors (Lipinski definition) is 3. The van der Waals surface area contributed by atoms with Crippen LogP contribution in [0.2, 0.25) is 0 Å². The van der Waals surface area contributed by atoms with Crippen LogP contribution in [0.25, 0.3) is 0 Å². The maximum Gasteiger partial charge on any atom is 0.339 e. The van der Waals surface area contributed by atoms with Crippen LogP contribution in [-0.4, -0.2) is 29.1 Å². The van der Waals surface area contributed by atoms with E-state index < -0.39 is 11.8 Å². The van der Waals surface area contributed by atoms with Gasteiger partial charge in [-0.05, 0) is 18.4 Å². The van der Waals surface area contributed by atoms with Crippen LogP contribution >= 0.6 is 0 Å². The number of hydrogen-bond donors (Lipinski definition) is 1. The smallest absolute Gasteiger partial charge is 0.339 e. The number of carboxylic acid groups (broad SMARTS) is 1. The molecule has 1 saturated heterocycles. The molecule has 0 aliphatic carbocycles. The van der Waals surface area contributed by atoms with Gasteiger partial charge in [-0.1, -0.05) is 6.92 Å². The Labute approximate surface area is 92.7 Å². The van der Waals surface area contributed by atoms with Crippen molar-refractivity contribution in [2.45, 2.75) is 13.3 Å². The zero-order chi connectivity index (χ0) is 11.7. The number of anilines is 1. The summed E-state index contributed by atoms with van der Waals surface area (Å²) in [6, 6.07) is 1.02. The summed E-state index contributed by atoms with van der Waals surface area (Å²) in [4.78, 5) is 16.8. The van der Waals surface area contributed by atoms with Gasteiger partial charge < -0.3 is 10.0 Å². The summed E-state index contributed by atoms with van der Waals surface area (Å²) >= 11 is 0. The molecular formula is C11H13FN2O2. The number of halogens is 1. The maximum absolute atomic E-state index is 12.9. The minimum Gasteiger partial charge on any atom is -0.478 e. The number of pyridine rings is 1. The zero-order valence-electron chi connectivity index (χ0n) is 8.98. The van der Waals surface area contributed by atoms with Crippen LogP contribution in [0.15, 0.2) is 12.3 Å². The Kier molecular flexibility index (Phi) is 2.77. The number of aromatic carboxylic acids is 1. The lowest BCUT2D eigenvalue weighted by molar-refractivity contribution is 0.0696. The van der Waals surface area contributed by atoms with Gasteiger partial charge in [0.25, 0.3) is 0 Å². The van der Waals surface area contributed by atoms with E-state index in [9.17, 15) is 9.18 Å². The van der Waals surface area contributed by atoms with E-state index in [-0.39, 0.29) is 5.56 Å². The van der Waals surface area contributed by atoms with E-state index in [4.69, 9.17) is 5.11 Å². The van der Waals surface area contributed by atoms with E-state index in [1.807, 2.05) is 4.90 Å². The van der Waals surface area contributed by atoms with Crippen molar-refractivity contribution < 1.29 is 14.3 Å². The highest BCUT2D eigenvalue weighted by atomic mass is 19.1. The van der Waals surface area contributed by atoms with Crippen molar-refractivity contribution >= 4 is 11.8 Å². The Morgan fingerprint density at radius 2 is 2.44 bits per heavy atom. The summed E-state index contributed by atoms with van der Waals surface area (Å²) in [6.07, 6.45) is 2.07. The normalized spacial score (nSPS) is 20.1. The Bertz CT molecular complexity index is 422. The molecule has 1 aromatic heterocycles. The summed E-state index contributed by atoms with van der Waals surface area (Å²) in [6.45, 7) is 3.66. The summed E-state index contributed by atoms with van der Waals surface area (Å²) < 4.78 is 12.9. The van der Waals surface area contributed by atoms with Gasteiger partial charge in [0.1, 0.15) is 17.2 Å². The molecule has 0 saturated carbocycles. The predicted molar refractivity (Wildman–Crippen MR) is 57.1 cm³/mol. The molecule has 1 aromatic rings. The average Bonchev–Trinajstić information content (AvgIpc) is 2.64. The highest BCUT2D eigenvalue weighted by Crippen LogP contribution is 2.25. The molecule has 1 atom stereocenters. The molecule has 1 aliphatic heterocycles. The molecule has 16 heavy (non-hydrogen) atoms. The van der Waals surface area contributed by atoms with Gasteiger partial charge in [0.15, 0.2) is 0 Å². The standard InChI is InChI=1S/C11H13FN2O2/c1-7-2-3-14(6-7)10-9(11(15)16)4-8(12)5-13-10/h4-5,7H,2-3,6H2,1H3,(H,15,16). The van der Waals surface area contributed by atoms with Gasteiger partial charge in [-0.3, -0.25) is 0 Å². The highest BCUT2D eigenvalue weighted by Gasteiger charge is 2.24. The fraction of sp³-hybridized carbons (Fsp3) is 0.455. The van der Waals surface area contributed by atoms with Gasteiger partial charge >= 0.3 is 5.97 Å². The second kappa shape index (κ2) is 4.08. The third-order valence-corrected chi connectivity index (χ3v) is 2.79. The molecular weight excluding hydrogens is 211 g/mol. The average molecular weight is 224 g/mol. The molecule has 4 nitrogen and oxygen atoms in total. The Hall–Kier alpha value is -1.65. The van der Waals surface area contributed by atoms with Gasteiger partial charge in [-0.25, -0.2) is 14.2 Å². The van der Waals surface area contributed by atoms with E-state index in [0.29, 0.717) is 11.7 Å². The number of carbonyl (C=O) groups is 1. The Morgan fingerprint density at radius 3 is 3.00 bits per heavy atom. The third-order valence-electron chi connectivity index (χ3n) is 2.79. The molecule has 0 aromatic carbocycles. The second-order valence-corrected chi connectivity index (χ2v) is 4.17. The van der Waals surface area contributed by atoms with E-state index in [2.05, 4.69) is 11.9 Å². The molecule has 1 N–H and O–H groups in total. The van der Waals surface area contributed by atoms with E-state index in [1.54, 1.807) is 0 Å². The molecule has 86 valence electrons. The SMILES string of the molecule is CC1CCN(c2ncc(F)cc2C(=O)O)C1. The number of nitrogens with zero attached hydrogens (tertiary/aromatic N) is 2. The highest BCUT2D eigenvalue weighted by molar-refractivity contribution is 5.93. The van der Waals surface area contributed by atoms with Crippen molar-refractivity contribution in [1.29, 1.82) is 0 Å². The monoisotopic (exact) mass is 224 g/mol. The first kappa shape index (κ1) is 10.9. The zero-order valence-corrected chi connectivity index (χ0v) is 8.98. The number of carboxylic acids is 1. The Balaban J connectivity index is 2.36. The van der Waals surface area contributed by atoms with Crippen molar-refractivity contribution in [3.63, 3.8) is 0 Å². The summed E-state index contributed by atoms with van der Waals surface area (Å²) in [5.41, 5.74) is -0.0610. The lowest BCUT2D eigenvalue weighted by Gasteiger charge is -2.18. The van der Waals surface area contributed by atoms with Gasteiger partial charge in [0.2, 0.25) is 0 Å². The fourth-order valence-corrected chi connectivity index (χ4v) is 1.97. The van der Waals surface area contributed by atoms with Crippen LogP contribution in [0.5, 0.6) is 0 Å². The van der Waals surface area contributed by atoms with Crippen LogP contribution in [0.4, 0.5) is 10.2 Å². The van der Waals surface area contributed by atoms with Crippen LogP contribution in [-0.2, 0) is 0 Å². The molecule has 0 bridgehead atoms. The van der Waals surface area contributed by atoms with E-state index in [0.717, 1.165) is 31.8 Å². The van der Waals surface area contributed by atoms with Gasteiger partial charge in [-0.2, -0.15) is 0 Å². The lowest BCUT2D eigenvalue weighted by atomic mass is 10.2. The van der Waals surface area contributed by atoms with Crippen molar-refractivity contribution in [1.82, 2.24) is 4.98 Å². The van der Waals surface area contributed by atoms with Gasteiger partial charge in [0, 0.05) is 13.1 Å². The van der Waals surface area contributed by atoms with Crippen LogP contribution < -0.4 is 4.90 Å². The van der Waals surface area contributed by atoms with Crippen LogP contribution in [0.3, 0.4) is 0 Å². The van der Waals surface area contributed by atoms with Crippen molar-refractivity contribution in [3.05, 3.63) is 23.6 Å². The van der Waals surface area contributed by atoms with Gasteiger partial charge in [0.05, 0.1) is 6.20 Å². The minimum atomic E-state index is -1.14.